The molecule has 36 heavy (non-hydrogen) atoms. The zero-order valence-electron chi connectivity index (χ0n) is 20.0. The van der Waals surface area contributed by atoms with E-state index in [1.807, 2.05) is 36.5 Å². The Kier molecular flexibility index (Phi) is 6.05. The predicted octanol–water partition coefficient (Wildman–Crippen LogP) is 5.32. The van der Waals surface area contributed by atoms with Crippen molar-refractivity contribution in [3.63, 3.8) is 0 Å². The number of pyridine rings is 1. The number of hydrogen-bond donors (Lipinski definition) is 2. The van der Waals surface area contributed by atoms with Crippen LogP contribution in [-0.4, -0.2) is 43.6 Å². The molecule has 1 fully saturated rings. The Hall–Kier alpha value is -4.23. The van der Waals surface area contributed by atoms with Gasteiger partial charge in [-0.25, -0.2) is 4.98 Å². The molecule has 6 rings (SSSR count). The molecule has 5 aromatic rings. The van der Waals surface area contributed by atoms with E-state index < -0.39 is 0 Å². The van der Waals surface area contributed by atoms with Crippen LogP contribution in [0.4, 0.5) is 5.69 Å². The van der Waals surface area contributed by atoms with Crippen molar-refractivity contribution in [1.82, 2.24) is 24.6 Å². The summed E-state index contributed by atoms with van der Waals surface area (Å²) in [6.45, 7) is 3.95. The molecule has 2 aromatic carbocycles. The number of aromatic nitrogens is 4. The van der Waals surface area contributed by atoms with Gasteiger partial charge in [0.2, 0.25) is 0 Å². The molecule has 7 heteroatoms. The number of hydrogen-bond acceptors (Lipinski definition) is 4. The average Bonchev–Trinajstić information content (AvgIpc) is 3.67. The van der Waals surface area contributed by atoms with Gasteiger partial charge in [0.05, 0.1) is 24.0 Å². The van der Waals surface area contributed by atoms with Crippen molar-refractivity contribution < 1.29 is 4.79 Å². The number of fused-ring (bicyclic) bond motifs is 1. The van der Waals surface area contributed by atoms with Crippen molar-refractivity contribution in [3.05, 3.63) is 102 Å². The van der Waals surface area contributed by atoms with E-state index in [0.29, 0.717) is 17.8 Å². The van der Waals surface area contributed by atoms with Gasteiger partial charge in [-0.3, -0.25) is 14.4 Å². The van der Waals surface area contributed by atoms with Crippen LogP contribution in [0.3, 0.4) is 0 Å². The summed E-state index contributed by atoms with van der Waals surface area (Å²) in [5.74, 6) is -0.201. The molecular weight excluding hydrogens is 448 g/mol. The second-order valence-electron chi connectivity index (χ2n) is 9.37. The van der Waals surface area contributed by atoms with Gasteiger partial charge in [-0.15, -0.1) is 0 Å². The van der Waals surface area contributed by atoms with E-state index in [4.69, 9.17) is 0 Å². The summed E-state index contributed by atoms with van der Waals surface area (Å²) >= 11 is 0. The van der Waals surface area contributed by atoms with Crippen molar-refractivity contribution in [2.24, 2.45) is 0 Å². The fourth-order valence-corrected chi connectivity index (χ4v) is 4.85. The molecule has 0 unspecified atom stereocenters. The standard InChI is InChI=1S/C29H28N6O/c36-29(25-16-32-35(20-25)19-21-7-2-1-3-8-21)33-27-17-31-28-26(27)14-24(15-30-28)23-10-6-9-22(13-23)18-34-11-4-5-12-34/h1-3,6-10,13-17,20H,4-5,11-12,18-19H2,(H,30,31)(H,33,36). The largest absolute Gasteiger partial charge is 0.344 e. The minimum Gasteiger partial charge on any atom is -0.344 e. The van der Waals surface area contributed by atoms with Crippen LogP contribution in [0.5, 0.6) is 0 Å². The summed E-state index contributed by atoms with van der Waals surface area (Å²) in [7, 11) is 0. The summed E-state index contributed by atoms with van der Waals surface area (Å²) in [6, 6.07) is 20.8. The monoisotopic (exact) mass is 476 g/mol. The highest BCUT2D eigenvalue weighted by molar-refractivity contribution is 6.08. The average molecular weight is 477 g/mol. The first kappa shape index (κ1) is 22.2. The molecule has 2 N–H and O–H groups in total. The molecular formula is C29H28N6O. The van der Waals surface area contributed by atoms with Gasteiger partial charge in [-0.05, 0) is 54.8 Å². The summed E-state index contributed by atoms with van der Waals surface area (Å²) in [5.41, 5.74) is 6.55. The number of aromatic amines is 1. The van der Waals surface area contributed by atoms with E-state index in [1.54, 1.807) is 23.3 Å². The van der Waals surface area contributed by atoms with Crippen LogP contribution in [0, 0.1) is 0 Å². The Morgan fingerprint density at radius 1 is 0.917 bits per heavy atom. The molecule has 0 radical (unpaired) electrons. The van der Waals surface area contributed by atoms with Gasteiger partial charge in [0.25, 0.3) is 5.91 Å². The summed E-state index contributed by atoms with van der Waals surface area (Å²) < 4.78 is 1.77. The molecule has 1 amide bonds. The lowest BCUT2D eigenvalue weighted by molar-refractivity contribution is 0.102. The van der Waals surface area contributed by atoms with Gasteiger partial charge in [0, 0.05) is 36.1 Å². The first-order chi connectivity index (χ1) is 17.7. The first-order valence-electron chi connectivity index (χ1n) is 12.4. The van der Waals surface area contributed by atoms with Gasteiger partial charge in [-0.1, -0.05) is 48.5 Å². The number of H-pyrrole nitrogens is 1. The first-order valence-corrected chi connectivity index (χ1v) is 12.4. The molecule has 0 spiro atoms. The Balaban J connectivity index is 1.20. The van der Waals surface area contributed by atoms with Gasteiger partial charge in [0.15, 0.2) is 0 Å². The van der Waals surface area contributed by atoms with E-state index in [2.05, 4.69) is 55.6 Å². The number of likely N-dealkylation sites (tertiary alicyclic amines) is 1. The second kappa shape index (κ2) is 9.79. The third-order valence-electron chi connectivity index (χ3n) is 6.73. The number of amides is 1. The minimum atomic E-state index is -0.201. The third-order valence-corrected chi connectivity index (χ3v) is 6.73. The van der Waals surface area contributed by atoms with Crippen LogP contribution in [-0.2, 0) is 13.1 Å². The number of anilines is 1. The van der Waals surface area contributed by atoms with Crippen molar-refractivity contribution in [1.29, 1.82) is 0 Å². The second-order valence-corrected chi connectivity index (χ2v) is 9.37. The van der Waals surface area contributed by atoms with Crippen LogP contribution < -0.4 is 5.32 Å². The molecule has 0 aliphatic carbocycles. The Bertz CT molecular complexity index is 1500. The number of carbonyl (C=O) groups excluding carboxylic acids is 1. The normalized spacial score (nSPS) is 13.9. The lowest BCUT2D eigenvalue weighted by Crippen LogP contribution is -2.18. The predicted molar refractivity (Wildman–Crippen MR) is 142 cm³/mol. The maximum absolute atomic E-state index is 13.0. The molecule has 3 aromatic heterocycles. The molecule has 1 aliphatic heterocycles. The summed E-state index contributed by atoms with van der Waals surface area (Å²) in [6.07, 6.45) is 9.62. The lowest BCUT2D eigenvalue weighted by Gasteiger charge is -2.15. The zero-order chi connectivity index (χ0) is 24.3. The number of rotatable bonds is 7. The van der Waals surface area contributed by atoms with Crippen molar-refractivity contribution >= 4 is 22.6 Å². The molecule has 180 valence electrons. The Labute approximate surface area is 209 Å². The topological polar surface area (TPSA) is 78.8 Å². The van der Waals surface area contributed by atoms with Gasteiger partial charge in [0.1, 0.15) is 5.65 Å². The number of carbonyl (C=O) groups is 1. The number of nitrogens with zero attached hydrogens (tertiary/aromatic N) is 4. The fourth-order valence-electron chi connectivity index (χ4n) is 4.85. The van der Waals surface area contributed by atoms with Gasteiger partial charge in [-0.2, -0.15) is 5.10 Å². The summed E-state index contributed by atoms with van der Waals surface area (Å²) in [5, 5.41) is 8.26. The van der Waals surface area contributed by atoms with E-state index in [1.165, 1.54) is 31.5 Å². The molecule has 7 nitrogen and oxygen atoms in total. The van der Waals surface area contributed by atoms with Crippen molar-refractivity contribution in [3.8, 4) is 11.1 Å². The number of benzene rings is 2. The van der Waals surface area contributed by atoms with Crippen LogP contribution in [0.2, 0.25) is 0 Å². The molecule has 1 aliphatic rings. The third kappa shape index (κ3) is 4.78. The van der Waals surface area contributed by atoms with E-state index >= 15 is 0 Å². The summed E-state index contributed by atoms with van der Waals surface area (Å²) in [4.78, 5) is 23.3. The quantitative estimate of drug-likeness (QED) is 0.333. The maximum Gasteiger partial charge on any atom is 0.258 e. The zero-order valence-corrected chi connectivity index (χ0v) is 20.0. The molecule has 1 saturated heterocycles. The van der Waals surface area contributed by atoms with Gasteiger partial charge >= 0.3 is 0 Å². The SMILES string of the molecule is O=C(Nc1c[nH]c2ncc(-c3cccc(CN4CCCC4)c3)cc12)c1cnn(Cc2ccccc2)c1. The molecule has 0 bridgehead atoms. The molecule has 0 atom stereocenters. The number of nitrogens with one attached hydrogen (secondary N) is 2. The smallest absolute Gasteiger partial charge is 0.258 e. The van der Waals surface area contributed by atoms with E-state index in [-0.39, 0.29) is 5.91 Å². The molecule has 4 heterocycles. The maximum atomic E-state index is 13.0. The molecule has 0 saturated carbocycles. The van der Waals surface area contributed by atoms with Crippen LogP contribution in [0.15, 0.2) is 85.5 Å². The van der Waals surface area contributed by atoms with E-state index in [0.717, 1.165) is 34.3 Å². The highest BCUT2D eigenvalue weighted by Gasteiger charge is 2.15. The van der Waals surface area contributed by atoms with Crippen molar-refractivity contribution in [2.45, 2.75) is 25.9 Å². The van der Waals surface area contributed by atoms with Crippen LogP contribution >= 0.6 is 0 Å². The van der Waals surface area contributed by atoms with Crippen LogP contribution in [0.25, 0.3) is 22.2 Å². The van der Waals surface area contributed by atoms with Gasteiger partial charge < -0.3 is 10.3 Å². The van der Waals surface area contributed by atoms with Crippen LogP contribution in [0.1, 0.15) is 34.3 Å². The lowest BCUT2D eigenvalue weighted by atomic mass is 10.0. The Morgan fingerprint density at radius 3 is 2.61 bits per heavy atom. The highest BCUT2D eigenvalue weighted by atomic mass is 16.1. The highest BCUT2D eigenvalue weighted by Crippen LogP contribution is 2.28. The van der Waals surface area contributed by atoms with Crippen molar-refractivity contribution in [2.75, 3.05) is 18.4 Å². The Morgan fingerprint density at radius 2 is 1.75 bits per heavy atom. The van der Waals surface area contributed by atoms with E-state index in [9.17, 15) is 4.79 Å². The fraction of sp³-hybridized carbons (Fsp3) is 0.207. The minimum absolute atomic E-state index is 0.201.